The lowest BCUT2D eigenvalue weighted by molar-refractivity contribution is 0.772. The summed E-state index contributed by atoms with van der Waals surface area (Å²) >= 11 is 5.16. The molecule has 0 amide bonds. The molecule has 1 rings (SSSR count). The van der Waals surface area contributed by atoms with Crippen LogP contribution in [0.2, 0.25) is 0 Å². The Morgan fingerprint density at radius 3 is 2.64 bits per heavy atom. The first-order chi connectivity index (χ1) is 5.11. The summed E-state index contributed by atoms with van der Waals surface area (Å²) in [5.74, 6) is 0. The average molecular weight is 235 g/mol. The van der Waals surface area contributed by atoms with Crippen molar-refractivity contribution >= 4 is 27.7 Å². The topological polar surface area (TPSA) is 17.8 Å². The van der Waals surface area contributed by atoms with Crippen LogP contribution in [0.25, 0.3) is 0 Å². The third kappa shape index (κ3) is 2.24. The van der Waals surface area contributed by atoms with E-state index in [0.29, 0.717) is 5.25 Å². The zero-order valence-corrected chi connectivity index (χ0v) is 9.24. The van der Waals surface area contributed by atoms with Gasteiger partial charge in [-0.05, 0) is 15.9 Å². The Kier molecular flexibility index (Phi) is 3.01. The zero-order valence-electron chi connectivity index (χ0n) is 6.84. The Hall–Kier alpha value is 0.0400. The summed E-state index contributed by atoms with van der Waals surface area (Å²) in [5, 5.41) is 1.65. The summed E-state index contributed by atoms with van der Waals surface area (Å²) in [6.07, 6.45) is 1.82. The molecule has 1 aromatic rings. The van der Waals surface area contributed by atoms with E-state index >= 15 is 0 Å². The molecule has 0 bridgehead atoms. The van der Waals surface area contributed by atoms with Crippen LogP contribution < -0.4 is 0 Å². The van der Waals surface area contributed by atoms with Gasteiger partial charge in [0, 0.05) is 12.3 Å². The summed E-state index contributed by atoms with van der Waals surface area (Å²) in [6.45, 7) is 4.32. The van der Waals surface area contributed by atoms with Crippen LogP contribution in [0.1, 0.15) is 13.8 Å². The first kappa shape index (κ1) is 9.13. The Labute approximate surface area is 79.5 Å². The fourth-order valence-corrected chi connectivity index (χ4v) is 1.87. The molecule has 0 saturated carbocycles. The van der Waals surface area contributed by atoms with E-state index < -0.39 is 0 Å². The summed E-state index contributed by atoms with van der Waals surface area (Å²) in [5.41, 5.74) is 0. The second-order valence-electron chi connectivity index (χ2n) is 2.59. The largest absolute Gasteiger partial charge is 0.317 e. The predicted octanol–water partition coefficient (Wildman–Crippen LogP) is 2.68. The van der Waals surface area contributed by atoms with E-state index in [9.17, 15) is 0 Å². The van der Waals surface area contributed by atoms with Crippen molar-refractivity contribution < 1.29 is 0 Å². The van der Waals surface area contributed by atoms with E-state index in [1.807, 2.05) is 17.8 Å². The van der Waals surface area contributed by atoms with Gasteiger partial charge in [0.2, 0.25) is 0 Å². The fourth-order valence-electron chi connectivity index (χ4n) is 0.693. The Bertz CT molecular complexity index is 245. The van der Waals surface area contributed by atoms with Crippen LogP contribution in [0, 0.1) is 0 Å². The minimum absolute atomic E-state index is 0.586. The highest BCUT2D eigenvalue weighted by Crippen LogP contribution is 2.23. The van der Waals surface area contributed by atoms with Crippen molar-refractivity contribution in [3.8, 4) is 0 Å². The minimum Gasteiger partial charge on any atom is -0.317 e. The lowest BCUT2D eigenvalue weighted by Gasteiger charge is -2.03. The summed E-state index contributed by atoms with van der Waals surface area (Å²) in [4.78, 5) is 4.23. The molecule has 0 aliphatic heterocycles. The molecule has 0 aliphatic carbocycles. The second-order valence-corrected chi connectivity index (χ2v) is 4.95. The predicted molar refractivity (Wildman–Crippen MR) is 51.9 cm³/mol. The lowest BCUT2D eigenvalue weighted by atomic mass is 10.6. The van der Waals surface area contributed by atoms with Gasteiger partial charge in [-0.15, -0.1) is 0 Å². The maximum atomic E-state index is 4.23. The van der Waals surface area contributed by atoms with Crippen molar-refractivity contribution in [1.82, 2.24) is 9.55 Å². The van der Waals surface area contributed by atoms with Gasteiger partial charge >= 0.3 is 0 Å². The molecule has 0 atom stereocenters. The molecule has 2 nitrogen and oxygen atoms in total. The van der Waals surface area contributed by atoms with E-state index in [1.54, 1.807) is 11.8 Å². The van der Waals surface area contributed by atoms with E-state index in [4.69, 9.17) is 0 Å². The van der Waals surface area contributed by atoms with Crippen molar-refractivity contribution in [2.45, 2.75) is 24.3 Å². The Morgan fingerprint density at radius 2 is 2.27 bits per heavy atom. The highest BCUT2D eigenvalue weighted by molar-refractivity contribution is 9.10. The van der Waals surface area contributed by atoms with Crippen LogP contribution in [0.3, 0.4) is 0 Å². The molecule has 0 aromatic carbocycles. The van der Waals surface area contributed by atoms with E-state index in [-0.39, 0.29) is 0 Å². The van der Waals surface area contributed by atoms with Gasteiger partial charge in [0.1, 0.15) is 4.60 Å². The lowest BCUT2D eigenvalue weighted by Crippen LogP contribution is -1.94. The van der Waals surface area contributed by atoms with E-state index in [2.05, 4.69) is 34.8 Å². The number of imidazole rings is 1. The molecule has 0 saturated heterocycles. The standard InChI is InChI=1S/C7H11BrN2S/c1-5(2)11-7-9-4-6(8)10(7)3/h4-5H,1-3H3. The molecule has 62 valence electrons. The number of thioether (sulfide) groups is 1. The van der Waals surface area contributed by atoms with Gasteiger partial charge in [-0.25, -0.2) is 4.98 Å². The quantitative estimate of drug-likeness (QED) is 0.733. The minimum atomic E-state index is 0.586. The maximum Gasteiger partial charge on any atom is 0.168 e. The van der Waals surface area contributed by atoms with Crippen LogP contribution in [0.15, 0.2) is 16.0 Å². The van der Waals surface area contributed by atoms with E-state index in [1.165, 1.54) is 0 Å². The number of hydrogen-bond donors (Lipinski definition) is 0. The highest BCUT2D eigenvalue weighted by atomic mass is 79.9. The molecular weight excluding hydrogens is 224 g/mol. The first-order valence-corrected chi connectivity index (χ1v) is 5.12. The number of rotatable bonds is 2. The van der Waals surface area contributed by atoms with Gasteiger partial charge in [-0.1, -0.05) is 25.6 Å². The summed E-state index contributed by atoms with van der Waals surface area (Å²) < 4.78 is 3.06. The van der Waals surface area contributed by atoms with Crippen LogP contribution in [0.4, 0.5) is 0 Å². The molecular formula is C7H11BrN2S. The average Bonchev–Trinajstić information content (AvgIpc) is 2.18. The van der Waals surface area contributed by atoms with Gasteiger partial charge in [0.25, 0.3) is 0 Å². The maximum absolute atomic E-state index is 4.23. The van der Waals surface area contributed by atoms with Gasteiger partial charge in [0.15, 0.2) is 5.16 Å². The third-order valence-corrected chi connectivity index (χ3v) is 3.03. The summed E-state index contributed by atoms with van der Waals surface area (Å²) in [7, 11) is 2.00. The molecule has 0 spiro atoms. The SMILES string of the molecule is CC(C)Sc1ncc(Br)n1C. The normalized spacial score (nSPS) is 11.0. The molecule has 1 heterocycles. The zero-order chi connectivity index (χ0) is 8.43. The van der Waals surface area contributed by atoms with Crippen LogP contribution >= 0.6 is 27.7 Å². The number of aromatic nitrogens is 2. The molecule has 0 fully saturated rings. The molecule has 1 aromatic heterocycles. The van der Waals surface area contributed by atoms with E-state index in [0.717, 1.165) is 9.76 Å². The van der Waals surface area contributed by atoms with Crippen molar-refractivity contribution in [3.63, 3.8) is 0 Å². The first-order valence-electron chi connectivity index (χ1n) is 3.45. The van der Waals surface area contributed by atoms with Crippen LogP contribution in [-0.2, 0) is 7.05 Å². The van der Waals surface area contributed by atoms with Crippen molar-refractivity contribution in [2.24, 2.45) is 7.05 Å². The molecule has 0 radical (unpaired) electrons. The molecule has 0 unspecified atom stereocenters. The molecule has 0 N–H and O–H groups in total. The molecule has 4 heteroatoms. The smallest absolute Gasteiger partial charge is 0.168 e. The van der Waals surface area contributed by atoms with Crippen molar-refractivity contribution in [2.75, 3.05) is 0 Å². The highest BCUT2D eigenvalue weighted by Gasteiger charge is 2.05. The van der Waals surface area contributed by atoms with Gasteiger partial charge in [0.05, 0.1) is 6.20 Å². The number of hydrogen-bond acceptors (Lipinski definition) is 2. The monoisotopic (exact) mass is 234 g/mol. The number of halogens is 1. The third-order valence-electron chi connectivity index (χ3n) is 1.23. The van der Waals surface area contributed by atoms with Gasteiger partial charge in [-0.2, -0.15) is 0 Å². The van der Waals surface area contributed by atoms with Crippen molar-refractivity contribution in [3.05, 3.63) is 10.8 Å². The van der Waals surface area contributed by atoms with Crippen molar-refractivity contribution in [1.29, 1.82) is 0 Å². The van der Waals surface area contributed by atoms with Gasteiger partial charge < -0.3 is 4.57 Å². The van der Waals surface area contributed by atoms with Crippen LogP contribution in [-0.4, -0.2) is 14.8 Å². The summed E-state index contributed by atoms with van der Waals surface area (Å²) in [6, 6.07) is 0. The second kappa shape index (κ2) is 3.63. The van der Waals surface area contributed by atoms with Crippen LogP contribution in [0.5, 0.6) is 0 Å². The molecule has 11 heavy (non-hydrogen) atoms. The van der Waals surface area contributed by atoms with Gasteiger partial charge in [-0.3, -0.25) is 0 Å². The number of nitrogens with zero attached hydrogens (tertiary/aromatic N) is 2. The Morgan fingerprint density at radius 1 is 1.64 bits per heavy atom. The molecule has 0 aliphatic rings. The Balaban J connectivity index is 2.79. The fraction of sp³-hybridized carbons (Fsp3) is 0.571.